The van der Waals surface area contributed by atoms with Crippen LogP contribution in [0.5, 0.6) is 5.75 Å². The van der Waals surface area contributed by atoms with Crippen molar-refractivity contribution >= 4 is 29.9 Å². The van der Waals surface area contributed by atoms with Crippen LogP contribution in [0.25, 0.3) is 6.08 Å². The third-order valence-corrected chi connectivity index (χ3v) is 3.28. The molecule has 0 aliphatic rings. The molecule has 0 aliphatic carbocycles. The van der Waals surface area contributed by atoms with Crippen LogP contribution in [0.4, 0.5) is 0 Å². The first-order valence-electron chi connectivity index (χ1n) is 6.47. The van der Waals surface area contributed by atoms with Gasteiger partial charge in [0.05, 0.1) is 11.1 Å². The summed E-state index contributed by atoms with van der Waals surface area (Å²) < 4.78 is 5.44. The van der Waals surface area contributed by atoms with Crippen LogP contribution in [-0.2, 0) is 4.79 Å². The van der Waals surface area contributed by atoms with Crippen molar-refractivity contribution in [3.63, 3.8) is 0 Å². The van der Waals surface area contributed by atoms with E-state index in [4.69, 9.17) is 16.3 Å². The van der Waals surface area contributed by atoms with E-state index in [0.717, 1.165) is 0 Å². The van der Waals surface area contributed by atoms with E-state index in [0.29, 0.717) is 28.2 Å². The molecule has 0 fully saturated rings. The monoisotopic (exact) mass is 316 g/mol. The second-order valence-corrected chi connectivity index (χ2v) is 4.85. The predicted octanol–water partition coefficient (Wildman–Crippen LogP) is 3.70. The molecule has 22 heavy (non-hydrogen) atoms. The molecule has 0 bridgehead atoms. The SMILES string of the molecule is O=Cc1ccccc1OCC(=Cc1ccccc1Cl)C(=O)O. The van der Waals surface area contributed by atoms with E-state index in [2.05, 4.69) is 0 Å². The highest BCUT2D eigenvalue weighted by Crippen LogP contribution is 2.20. The zero-order valence-corrected chi connectivity index (χ0v) is 12.3. The van der Waals surface area contributed by atoms with Gasteiger partial charge in [-0.3, -0.25) is 4.79 Å². The fourth-order valence-corrected chi connectivity index (χ4v) is 2.00. The Morgan fingerprint density at radius 1 is 1.09 bits per heavy atom. The Morgan fingerprint density at radius 3 is 2.36 bits per heavy atom. The van der Waals surface area contributed by atoms with Crippen molar-refractivity contribution in [1.82, 2.24) is 0 Å². The van der Waals surface area contributed by atoms with Gasteiger partial charge >= 0.3 is 5.97 Å². The van der Waals surface area contributed by atoms with Gasteiger partial charge in [-0.15, -0.1) is 0 Å². The number of rotatable bonds is 6. The summed E-state index contributed by atoms with van der Waals surface area (Å²) in [6, 6.07) is 13.5. The van der Waals surface area contributed by atoms with Crippen molar-refractivity contribution in [3.05, 3.63) is 70.3 Å². The van der Waals surface area contributed by atoms with Crippen LogP contribution < -0.4 is 4.74 Å². The molecule has 2 aromatic carbocycles. The Balaban J connectivity index is 2.22. The molecule has 0 saturated carbocycles. The van der Waals surface area contributed by atoms with Gasteiger partial charge in [0, 0.05) is 5.02 Å². The Labute approximate surface area is 132 Å². The lowest BCUT2D eigenvalue weighted by molar-refractivity contribution is -0.132. The molecule has 1 N–H and O–H groups in total. The average molecular weight is 317 g/mol. The number of carboxylic acids is 1. The van der Waals surface area contributed by atoms with E-state index in [1.54, 1.807) is 48.5 Å². The fourth-order valence-electron chi connectivity index (χ4n) is 1.81. The minimum absolute atomic E-state index is 0.0359. The Bertz CT molecular complexity index is 722. The van der Waals surface area contributed by atoms with E-state index in [1.807, 2.05) is 0 Å². The maximum absolute atomic E-state index is 11.3. The number of carbonyl (C=O) groups is 2. The van der Waals surface area contributed by atoms with Gasteiger partial charge in [-0.25, -0.2) is 4.79 Å². The second kappa shape index (κ2) is 7.43. The summed E-state index contributed by atoms with van der Waals surface area (Å²) in [5.41, 5.74) is 0.993. The number of benzene rings is 2. The van der Waals surface area contributed by atoms with Gasteiger partial charge in [0.1, 0.15) is 12.4 Å². The lowest BCUT2D eigenvalue weighted by Crippen LogP contribution is -2.11. The Hall–Kier alpha value is -2.59. The van der Waals surface area contributed by atoms with Crippen LogP contribution in [0, 0.1) is 0 Å². The quantitative estimate of drug-likeness (QED) is 0.652. The molecular formula is C17H13ClO4. The van der Waals surface area contributed by atoms with Crippen molar-refractivity contribution in [1.29, 1.82) is 0 Å². The number of hydrogen-bond donors (Lipinski definition) is 1. The van der Waals surface area contributed by atoms with Gasteiger partial charge in [0.2, 0.25) is 0 Å². The molecule has 0 aliphatic heterocycles. The number of aldehydes is 1. The molecule has 0 saturated heterocycles. The van der Waals surface area contributed by atoms with E-state index in [-0.39, 0.29) is 12.2 Å². The van der Waals surface area contributed by atoms with Crippen molar-refractivity contribution in [3.8, 4) is 5.75 Å². The molecule has 0 unspecified atom stereocenters. The minimum Gasteiger partial charge on any atom is -0.488 e. The van der Waals surface area contributed by atoms with Crippen LogP contribution in [0.1, 0.15) is 15.9 Å². The fraction of sp³-hybridized carbons (Fsp3) is 0.0588. The number of hydrogen-bond acceptors (Lipinski definition) is 3. The van der Waals surface area contributed by atoms with Gasteiger partial charge in [0.25, 0.3) is 0 Å². The summed E-state index contributed by atoms with van der Waals surface area (Å²) in [7, 11) is 0. The molecule has 0 radical (unpaired) electrons. The van der Waals surface area contributed by atoms with Gasteiger partial charge in [0.15, 0.2) is 6.29 Å². The van der Waals surface area contributed by atoms with E-state index >= 15 is 0 Å². The minimum atomic E-state index is -1.11. The van der Waals surface area contributed by atoms with Crippen LogP contribution in [0.15, 0.2) is 54.1 Å². The maximum Gasteiger partial charge on any atom is 0.335 e. The summed E-state index contributed by atoms with van der Waals surface area (Å²) >= 11 is 6.01. The van der Waals surface area contributed by atoms with Crippen molar-refractivity contribution in [2.75, 3.05) is 6.61 Å². The van der Waals surface area contributed by atoms with Crippen LogP contribution in [-0.4, -0.2) is 24.0 Å². The highest BCUT2D eigenvalue weighted by atomic mass is 35.5. The van der Waals surface area contributed by atoms with E-state index < -0.39 is 5.97 Å². The zero-order valence-electron chi connectivity index (χ0n) is 11.5. The Morgan fingerprint density at radius 2 is 1.73 bits per heavy atom. The molecule has 0 amide bonds. The molecule has 0 aromatic heterocycles. The molecule has 2 aromatic rings. The second-order valence-electron chi connectivity index (χ2n) is 4.44. The lowest BCUT2D eigenvalue weighted by Gasteiger charge is -2.09. The first-order chi connectivity index (χ1) is 10.6. The highest BCUT2D eigenvalue weighted by molar-refractivity contribution is 6.32. The molecule has 2 rings (SSSR count). The van der Waals surface area contributed by atoms with Crippen molar-refractivity contribution in [2.45, 2.75) is 0 Å². The number of ether oxygens (including phenoxy) is 1. The van der Waals surface area contributed by atoms with Gasteiger partial charge in [-0.05, 0) is 29.8 Å². The van der Waals surface area contributed by atoms with Gasteiger partial charge in [-0.2, -0.15) is 0 Å². The van der Waals surface area contributed by atoms with E-state index in [9.17, 15) is 14.7 Å². The number of para-hydroxylation sites is 1. The third-order valence-electron chi connectivity index (χ3n) is 2.94. The normalized spacial score (nSPS) is 11.0. The smallest absolute Gasteiger partial charge is 0.335 e. The van der Waals surface area contributed by atoms with E-state index in [1.165, 1.54) is 6.08 Å². The van der Waals surface area contributed by atoms with Gasteiger partial charge < -0.3 is 9.84 Å². The molecule has 0 spiro atoms. The molecule has 0 heterocycles. The average Bonchev–Trinajstić information content (AvgIpc) is 2.53. The first kappa shape index (κ1) is 15.8. The third kappa shape index (κ3) is 3.96. The first-order valence-corrected chi connectivity index (χ1v) is 6.85. The summed E-state index contributed by atoms with van der Waals surface area (Å²) in [6.07, 6.45) is 2.11. The summed E-state index contributed by atoms with van der Waals surface area (Å²) in [5.74, 6) is -0.771. The predicted molar refractivity (Wildman–Crippen MR) is 84.4 cm³/mol. The van der Waals surface area contributed by atoms with Crippen molar-refractivity contribution < 1.29 is 19.4 Å². The number of aliphatic carboxylic acids is 1. The number of halogens is 1. The van der Waals surface area contributed by atoms with Crippen LogP contribution >= 0.6 is 11.6 Å². The van der Waals surface area contributed by atoms with Gasteiger partial charge in [-0.1, -0.05) is 41.9 Å². The summed E-state index contributed by atoms with van der Waals surface area (Å²) in [4.78, 5) is 22.2. The highest BCUT2D eigenvalue weighted by Gasteiger charge is 2.11. The number of carboxylic acid groups (broad SMARTS) is 1. The molecule has 0 atom stereocenters. The largest absolute Gasteiger partial charge is 0.488 e. The van der Waals surface area contributed by atoms with Crippen LogP contribution in [0.2, 0.25) is 5.02 Å². The maximum atomic E-state index is 11.3. The zero-order chi connectivity index (χ0) is 15.9. The standard InChI is InChI=1S/C17H13ClO4/c18-15-7-3-1-5-12(15)9-14(17(20)21)11-22-16-8-4-2-6-13(16)10-19/h1-10H,11H2,(H,20,21). The molecular weight excluding hydrogens is 304 g/mol. The topological polar surface area (TPSA) is 63.6 Å². The van der Waals surface area contributed by atoms with Crippen LogP contribution in [0.3, 0.4) is 0 Å². The van der Waals surface area contributed by atoms with Crippen molar-refractivity contribution in [2.24, 2.45) is 0 Å². The Kier molecular flexibility index (Phi) is 5.33. The summed E-state index contributed by atoms with van der Waals surface area (Å²) in [5, 5.41) is 9.72. The lowest BCUT2D eigenvalue weighted by atomic mass is 10.1. The molecule has 112 valence electrons. The molecule has 4 nitrogen and oxygen atoms in total. The number of carbonyl (C=O) groups excluding carboxylic acids is 1. The summed E-state index contributed by atoms with van der Waals surface area (Å²) in [6.45, 7) is -0.175. The molecule has 5 heteroatoms.